The molecule has 0 aliphatic heterocycles. The summed E-state index contributed by atoms with van der Waals surface area (Å²) in [6.45, 7) is 1.70. The lowest BCUT2D eigenvalue weighted by Crippen LogP contribution is -2.20. The average Bonchev–Trinajstić information content (AvgIpc) is 2.46. The van der Waals surface area contributed by atoms with Gasteiger partial charge in [0.15, 0.2) is 6.61 Å². The van der Waals surface area contributed by atoms with E-state index in [0.717, 1.165) is 5.69 Å². The summed E-state index contributed by atoms with van der Waals surface area (Å²) in [5.74, 6) is -0.258. The van der Waals surface area contributed by atoms with Gasteiger partial charge in [0.2, 0.25) is 0 Å². The van der Waals surface area contributed by atoms with Gasteiger partial charge in [0, 0.05) is 17.3 Å². The number of anilines is 1. The molecule has 2 aromatic carbocycles. The molecular weight excluding hydrogens is 271 g/mol. The Kier molecular flexibility index (Phi) is 4.77. The molecule has 0 heterocycles. The number of hydrogen-bond donors (Lipinski definition) is 2. The molecule has 0 aliphatic rings. The van der Waals surface area contributed by atoms with Crippen molar-refractivity contribution in [2.75, 3.05) is 11.9 Å². The zero-order valence-electron chi connectivity index (χ0n) is 11.7. The molecule has 0 bridgehead atoms. The second kappa shape index (κ2) is 6.74. The zero-order chi connectivity index (χ0) is 15.2. The van der Waals surface area contributed by atoms with E-state index in [9.17, 15) is 9.18 Å². The maximum absolute atomic E-state index is 13.7. The number of rotatable bonds is 6. The first-order valence-corrected chi connectivity index (χ1v) is 6.58. The lowest BCUT2D eigenvalue weighted by atomic mass is 10.1. The summed E-state index contributed by atoms with van der Waals surface area (Å²) in [6.07, 6.45) is 0. The van der Waals surface area contributed by atoms with Crippen molar-refractivity contribution in [3.8, 4) is 5.75 Å². The molecule has 3 N–H and O–H groups in total. The van der Waals surface area contributed by atoms with Gasteiger partial charge in [-0.1, -0.05) is 24.3 Å². The summed E-state index contributed by atoms with van der Waals surface area (Å²) in [5.41, 5.74) is 6.39. The minimum atomic E-state index is -0.534. The Morgan fingerprint density at radius 1 is 1.29 bits per heavy atom. The Morgan fingerprint density at radius 3 is 2.76 bits per heavy atom. The molecule has 4 nitrogen and oxygen atoms in total. The van der Waals surface area contributed by atoms with Crippen LogP contribution in [0.5, 0.6) is 5.75 Å². The van der Waals surface area contributed by atoms with Crippen molar-refractivity contribution in [3.05, 3.63) is 59.9 Å². The predicted molar refractivity (Wildman–Crippen MR) is 79.6 cm³/mol. The first-order valence-electron chi connectivity index (χ1n) is 6.58. The maximum atomic E-state index is 13.7. The zero-order valence-corrected chi connectivity index (χ0v) is 11.7. The molecule has 0 aliphatic carbocycles. The van der Waals surface area contributed by atoms with Crippen LogP contribution in [-0.4, -0.2) is 12.5 Å². The third kappa shape index (κ3) is 4.21. The quantitative estimate of drug-likeness (QED) is 0.859. The summed E-state index contributed by atoms with van der Waals surface area (Å²) in [6, 6.07) is 13.5. The van der Waals surface area contributed by atoms with E-state index < -0.39 is 5.91 Å². The molecule has 110 valence electrons. The van der Waals surface area contributed by atoms with Crippen LogP contribution in [0.4, 0.5) is 10.1 Å². The van der Waals surface area contributed by atoms with E-state index in [1.807, 2.05) is 13.0 Å². The lowest BCUT2D eigenvalue weighted by Gasteiger charge is -2.17. The monoisotopic (exact) mass is 288 g/mol. The standard InChI is InChI=1S/C16H17FN2O2/c1-11(14-7-2-3-8-15(14)17)19-12-5-4-6-13(9-12)21-10-16(18)20/h2-9,11,19H,10H2,1H3,(H2,18,20). The van der Waals surface area contributed by atoms with E-state index in [0.29, 0.717) is 11.3 Å². The highest BCUT2D eigenvalue weighted by Crippen LogP contribution is 2.24. The highest BCUT2D eigenvalue weighted by atomic mass is 19.1. The van der Waals surface area contributed by atoms with Gasteiger partial charge in [0.05, 0.1) is 6.04 Å². The van der Waals surface area contributed by atoms with Crippen molar-refractivity contribution in [2.45, 2.75) is 13.0 Å². The molecule has 1 amide bonds. The number of hydrogen-bond acceptors (Lipinski definition) is 3. The number of benzene rings is 2. The van der Waals surface area contributed by atoms with Crippen LogP contribution in [0.15, 0.2) is 48.5 Å². The van der Waals surface area contributed by atoms with E-state index in [1.165, 1.54) is 6.07 Å². The Balaban J connectivity index is 2.07. The van der Waals surface area contributed by atoms with Crippen LogP contribution in [0, 0.1) is 5.82 Å². The molecule has 1 atom stereocenters. The minimum Gasteiger partial charge on any atom is -0.484 e. The fourth-order valence-corrected chi connectivity index (χ4v) is 1.98. The van der Waals surface area contributed by atoms with Crippen molar-refractivity contribution in [1.82, 2.24) is 0 Å². The number of ether oxygens (including phenoxy) is 1. The third-order valence-corrected chi connectivity index (χ3v) is 2.97. The Labute approximate surface area is 122 Å². The second-order valence-corrected chi connectivity index (χ2v) is 4.67. The van der Waals surface area contributed by atoms with Crippen molar-refractivity contribution in [1.29, 1.82) is 0 Å². The van der Waals surface area contributed by atoms with Crippen LogP contribution in [0.25, 0.3) is 0 Å². The SMILES string of the molecule is CC(Nc1cccc(OCC(N)=O)c1)c1ccccc1F. The van der Waals surface area contributed by atoms with Crippen LogP contribution in [0.2, 0.25) is 0 Å². The van der Waals surface area contributed by atoms with Crippen LogP contribution in [0.1, 0.15) is 18.5 Å². The Morgan fingerprint density at radius 2 is 2.05 bits per heavy atom. The van der Waals surface area contributed by atoms with Crippen LogP contribution >= 0.6 is 0 Å². The Bertz CT molecular complexity index is 631. The fourth-order valence-electron chi connectivity index (χ4n) is 1.98. The first-order chi connectivity index (χ1) is 10.1. The summed E-state index contributed by atoms with van der Waals surface area (Å²) in [7, 11) is 0. The van der Waals surface area contributed by atoms with Gasteiger partial charge in [-0.2, -0.15) is 0 Å². The number of carbonyl (C=O) groups is 1. The van der Waals surface area contributed by atoms with Crippen molar-refractivity contribution in [3.63, 3.8) is 0 Å². The van der Waals surface area contributed by atoms with Gasteiger partial charge in [-0.05, 0) is 25.1 Å². The van der Waals surface area contributed by atoms with E-state index in [2.05, 4.69) is 5.32 Å². The number of amides is 1. The van der Waals surface area contributed by atoms with Crippen molar-refractivity contribution < 1.29 is 13.9 Å². The van der Waals surface area contributed by atoms with Gasteiger partial charge in [-0.15, -0.1) is 0 Å². The highest BCUT2D eigenvalue weighted by molar-refractivity contribution is 5.75. The molecule has 0 aromatic heterocycles. The van der Waals surface area contributed by atoms with Gasteiger partial charge in [0.1, 0.15) is 11.6 Å². The molecule has 0 saturated carbocycles. The average molecular weight is 288 g/mol. The van der Waals surface area contributed by atoms with E-state index in [1.54, 1.807) is 36.4 Å². The fraction of sp³-hybridized carbons (Fsp3) is 0.188. The number of nitrogens with one attached hydrogen (secondary N) is 1. The first kappa shape index (κ1) is 14.8. The summed E-state index contributed by atoms with van der Waals surface area (Å²) in [5, 5.41) is 3.19. The molecular formula is C16H17FN2O2. The van der Waals surface area contributed by atoms with Gasteiger partial charge in [-0.3, -0.25) is 4.79 Å². The maximum Gasteiger partial charge on any atom is 0.255 e. The summed E-state index contributed by atoms with van der Waals surface area (Å²) >= 11 is 0. The largest absolute Gasteiger partial charge is 0.484 e. The third-order valence-electron chi connectivity index (χ3n) is 2.97. The van der Waals surface area contributed by atoms with Crippen molar-refractivity contribution >= 4 is 11.6 Å². The molecule has 5 heteroatoms. The Hall–Kier alpha value is -2.56. The van der Waals surface area contributed by atoms with E-state index in [4.69, 9.17) is 10.5 Å². The smallest absolute Gasteiger partial charge is 0.255 e. The summed E-state index contributed by atoms with van der Waals surface area (Å²) in [4.78, 5) is 10.7. The molecule has 1 unspecified atom stereocenters. The van der Waals surface area contributed by atoms with E-state index in [-0.39, 0.29) is 18.5 Å². The molecule has 2 aromatic rings. The highest BCUT2D eigenvalue weighted by Gasteiger charge is 2.10. The van der Waals surface area contributed by atoms with Crippen LogP contribution in [-0.2, 0) is 4.79 Å². The normalized spacial score (nSPS) is 11.7. The van der Waals surface area contributed by atoms with Crippen LogP contribution < -0.4 is 15.8 Å². The minimum absolute atomic E-state index is 0.174. The van der Waals surface area contributed by atoms with E-state index >= 15 is 0 Å². The number of carbonyl (C=O) groups excluding carboxylic acids is 1. The second-order valence-electron chi connectivity index (χ2n) is 4.67. The van der Waals surface area contributed by atoms with Gasteiger partial charge < -0.3 is 15.8 Å². The predicted octanol–water partition coefficient (Wildman–Crippen LogP) is 2.86. The number of nitrogens with two attached hydrogens (primary N) is 1. The number of halogens is 1. The topological polar surface area (TPSA) is 64.3 Å². The van der Waals surface area contributed by atoms with Crippen LogP contribution in [0.3, 0.4) is 0 Å². The lowest BCUT2D eigenvalue weighted by molar-refractivity contribution is -0.119. The molecule has 0 saturated heterocycles. The van der Waals surface area contributed by atoms with Crippen molar-refractivity contribution in [2.24, 2.45) is 5.73 Å². The number of primary amides is 1. The molecule has 2 rings (SSSR count). The van der Waals surface area contributed by atoms with Gasteiger partial charge in [-0.25, -0.2) is 4.39 Å². The molecule has 21 heavy (non-hydrogen) atoms. The van der Waals surface area contributed by atoms with Gasteiger partial charge in [0.25, 0.3) is 5.91 Å². The molecule has 0 radical (unpaired) electrons. The van der Waals surface area contributed by atoms with Gasteiger partial charge >= 0.3 is 0 Å². The molecule has 0 spiro atoms. The molecule has 0 fully saturated rings. The summed E-state index contributed by atoms with van der Waals surface area (Å²) < 4.78 is 18.9.